The highest BCUT2D eigenvalue weighted by molar-refractivity contribution is 5.92. The van der Waals surface area contributed by atoms with E-state index >= 15 is 0 Å². The van der Waals surface area contributed by atoms with Gasteiger partial charge in [0.15, 0.2) is 11.6 Å². The SMILES string of the molecule is Cn1ncc(-c2nccc(Nc3cc4c(cn3)c(N3CC[C@@H](C(C)(C)O)C3)nn4CC3(CO)CCCC3)n2)c1O. The molecule has 0 amide bonds. The number of nitrogens with zero attached hydrogens (tertiary/aromatic N) is 8. The first kappa shape index (κ1) is 26.5. The number of rotatable bonds is 8. The number of nitrogens with one attached hydrogen (secondary N) is 1. The smallest absolute Gasteiger partial charge is 0.220 e. The summed E-state index contributed by atoms with van der Waals surface area (Å²) in [7, 11) is 1.65. The first-order chi connectivity index (χ1) is 19.2. The second-order valence-electron chi connectivity index (χ2n) is 11.9. The van der Waals surface area contributed by atoms with Crippen LogP contribution in [-0.2, 0) is 13.6 Å². The zero-order valence-corrected chi connectivity index (χ0v) is 23.2. The lowest BCUT2D eigenvalue weighted by Gasteiger charge is -2.26. The summed E-state index contributed by atoms with van der Waals surface area (Å²) in [6, 6.07) is 3.71. The average Bonchev–Trinajstić information content (AvgIpc) is 3.72. The molecule has 0 spiro atoms. The molecule has 0 aromatic carbocycles. The lowest BCUT2D eigenvalue weighted by Crippen LogP contribution is -2.33. The van der Waals surface area contributed by atoms with Crippen molar-refractivity contribution in [3.63, 3.8) is 0 Å². The van der Waals surface area contributed by atoms with Gasteiger partial charge in [-0.3, -0.25) is 4.68 Å². The van der Waals surface area contributed by atoms with E-state index in [9.17, 15) is 15.3 Å². The molecule has 1 saturated heterocycles. The molecular formula is C28H37N9O3. The monoisotopic (exact) mass is 547 g/mol. The zero-order chi connectivity index (χ0) is 28.1. The summed E-state index contributed by atoms with van der Waals surface area (Å²) in [5.74, 6) is 2.49. The van der Waals surface area contributed by atoms with Crippen LogP contribution in [-0.4, -0.2) is 75.1 Å². The summed E-state index contributed by atoms with van der Waals surface area (Å²) in [4.78, 5) is 15.8. The second kappa shape index (κ2) is 10.0. The van der Waals surface area contributed by atoms with E-state index < -0.39 is 5.60 Å². The number of hydrogen-bond donors (Lipinski definition) is 4. The molecule has 0 unspecified atom stereocenters. The molecule has 1 saturated carbocycles. The summed E-state index contributed by atoms with van der Waals surface area (Å²) in [6.45, 7) is 6.05. The van der Waals surface area contributed by atoms with Crippen LogP contribution in [0.5, 0.6) is 5.88 Å². The van der Waals surface area contributed by atoms with Crippen LogP contribution in [0.25, 0.3) is 22.3 Å². The second-order valence-corrected chi connectivity index (χ2v) is 11.9. The highest BCUT2D eigenvalue weighted by atomic mass is 16.3. The minimum Gasteiger partial charge on any atom is -0.493 e. The first-order valence-electron chi connectivity index (χ1n) is 13.9. The van der Waals surface area contributed by atoms with Gasteiger partial charge < -0.3 is 25.5 Å². The Morgan fingerprint density at radius 1 is 1.15 bits per heavy atom. The first-order valence-corrected chi connectivity index (χ1v) is 13.9. The molecule has 6 rings (SSSR count). The van der Waals surface area contributed by atoms with Gasteiger partial charge in [-0.15, -0.1) is 0 Å². The number of hydrogen-bond acceptors (Lipinski definition) is 10. The minimum atomic E-state index is -0.754. The Balaban J connectivity index is 1.35. The van der Waals surface area contributed by atoms with Crippen LogP contribution in [0.3, 0.4) is 0 Å². The summed E-state index contributed by atoms with van der Waals surface area (Å²) in [6.07, 6.45) is 10.1. The van der Waals surface area contributed by atoms with Crippen LogP contribution in [0, 0.1) is 11.3 Å². The summed E-state index contributed by atoms with van der Waals surface area (Å²) >= 11 is 0. The molecule has 2 aliphatic rings. The van der Waals surface area contributed by atoms with Gasteiger partial charge in [0.2, 0.25) is 5.88 Å². The third-order valence-corrected chi connectivity index (χ3v) is 8.65. The van der Waals surface area contributed by atoms with Gasteiger partial charge in [0.05, 0.1) is 29.3 Å². The molecule has 4 aromatic heterocycles. The van der Waals surface area contributed by atoms with E-state index in [1.54, 1.807) is 19.3 Å². The van der Waals surface area contributed by atoms with Crippen LogP contribution < -0.4 is 10.2 Å². The van der Waals surface area contributed by atoms with Crippen molar-refractivity contribution in [2.45, 2.75) is 58.1 Å². The number of fused-ring (bicyclic) bond motifs is 1. The lowest BCUT2D eigenvalue weighted by molar-refractivity contribution is 0.0263. The van der Waals surface area contributed by atoms with Crippen molar-refractivity contribution in [2.75, 3.05) is 29.9 Å². The van der Waals surface area contributed by atoms with Crippen LogP contribution in [0.2, 0.25) is 0 Å². The molecule has 212 valence electrons. The Morgan fingerprint density at radius 3 is 2.62 bits per heavy atom. The quantitative estimate of drug-likeness (QED) is 0.259. The van der Waals surface area contributed by atoms with Crippen molar-refractivity contribution < 1.29 is 15.3 Å². The van der Waals surface area contributed by atoms with E-state index in [1.165, 1.54) is 10.9 Å². The molecule has 12 nitrogen and oxygen atoms in total. The van der Waals surface area contributed by atoms with Crippen LogP contribution in [0.15, 0.2) is 30.7 Å². The highest BCUT2D eigenvalue weighted by Gasteiger charge is 2.37. The van der Waals surface area contributed by atoms with Gasteiger partial charge in [-0.05, 0) is 39.2 Å². The minimum absolute atomic E-state index is 0.00779. The molecule has 1 aliphatic heterocycles. The van der Waals surface area contributed by atoms with Gasteiger partial charge in [-0.1, -0.05) is 12.8 Å². The highest BCUT2D eigenvalue weighted by Crippen LogP contribution is 2.41. The number of aliphatic hydroxyl groups excluding tert-OH is 1. The van der Waals surface area contributed by atoms with E-state index in [1.807, 2.05) is 30.8 Å². The third kappa shape index (κ3) is 4.86. The molecule has 4 N–H and O–H groups in total. The predicted molar refractivity (Wildman–Crippen MR) is 151 cm³/mol. The van der Waals surface area contributed by atoms with E-state index in [-0.39, 0.29) is 23.8 Å². The van der Waals surface area contributed by atoms with Crippen molar-refractivity contribution in [1.82, 2.24) is 34.5 Å². The molecule has 0 bridgehead atoms. The van der Waals surface area contributed by atoms with Crippen molar-refractivity contribution in [1.29, 1.82) is 0 Å². The van der Waals surface area contributed by atoms with Crippen molar-refractivity contribution in [3.05, 3.63) is 30.7 Å². The van der Waals surface area contributed by atoms with E-state index in [0.717, 1.165) is 61.9 Å². The molecule has 0 radical (unpaired) electrons. The Morgan fingerprint density at radius 2 is 1.95 bits per heavy atom. The summed E-state index contributed by atoms with van der Waals surface area (Å²) < 4.78 is 3.39. The van der Waals surface area contributed by atoms with Crippen molar-refractivity contribution >= 4 is 28.4 Å². The molecule has 5 heterocycles. The molecule has 4 aromatic rings. The lowest BCUT2D eigenvalue weighted by atomic mass is 9.87. The molecule has 40 heavy (non-hydrogen) atoms. The van der Waals surface area contributed by atoms with Gasteiger partial charge in [0.25, 0.3) is 0 Å². The molecule has 2 fully saturated rings. The number of pyridine rings is 1. The van der Waals surface area contributed by atoms with E-state index in [4.69, 9.17) is 10.1 Å². The number of aryl methyl sites for hydroxylation is 1. The van der Waals surface area contributed by atoms with Crippen molar-refractivity contribution in [2.24, 2.45) is 18.4 Å². The topological polar surface area (TPSA) is 150 Å². The number of aromatic hydroxyl groups is 1. The molecule has 12 heteroatoms. The van der Waals surface area contributed by atoms with Crippen LogP contribution in [0.4, 0.5) is 17.5 Å². The Hall–Kier alpha value is -3.77. The third-order valence-electron chi connectivity index (χ3n) is 8.65. The van der Waals surface area contributed by atoms with Crippen LogP contribution in [0.1, 0.15) is 46.0 Å². The Bertz CT molecular complexity index is 1520. The fourth-order valence-electron chi connectivity index (χ4n) is 6.09. The summed E-state index contributed by atoms with van der Waals surface area (Å²) in [5.41, 5.74) is 0.438. The maximum absolute atomic E-state index is 10.6. The van der Waals surface area contributed by atoms with Gasteiger partial charge in [-0.2, -0.15) is 10.2 Å². The number of anilines is 3. The van der Waals surface area contributed by atoms with Crippen LogP contribution >= 0.6 is 0 Å². The average molecular weight is 548 g/mol. The van der Waals surface area contributed by atoms with Gasteiger partial charge in [0, 0.05) is 56.5 Å². The standard InChI is InChI=1S/C28H37N9O3/c1-27(2,40)18-7-11-36(15-18)25-19-13-30-23(12-21(19)37(34-25)16-28(17-38)8-4-5-9-28)32-22-6-10-29-24(33-22)20-14-31-35(3)26(20)39/h6,10,12-14,18,38-40H,4-5,7-9,11,15-17H2,1-3H3,(H,29,30,32,33)/t18-/m1/s1. The van der Waals surface area contributed by atoms with Crippen molar-refractivity contribution in [3.8, 4) is 17.3 Å². The predicted octanol–water partition coefficient (Wildman–Crippen LogP) is 3.22. The van der Waals surface area contributed by atoms with E-state index in [0.29, 0.717) is 29.6 Å². The molecule has 1 atom stereocenters. The number of aliphatic hydroxyl groups is 2. The summed E-state index contributed by atoms with van der Waals surface area (Å²) in [5, 5.41) is 44.6. The Kier molecular flexibility index (Phi) is 6.62. The zero-order valence-electron chi connectivity index (χ0n) is 23.2. The maximum Gasteiger partial charge on any atom is 0.220 e. The molecule has 1 aliphatic carbocycles. The number of aromatic nitrogens is 7. The van der Waals surface area contributed by atoms with E-state index in [2.05, 4.69) is 25.3 Å². The fourth-order valence-corrected chi connectivity index (χ4v) is 6.09. The Labute approximate surface area is 232 Å². The fraction of sp³-hybridized carbons (Fsp3) is 0.536. The van der Waals surface area contributed by atoms with Gasteiger partial charge >= 0.3 is 0 Å². The normalized spacial score (nSPS) is 19.1. The van der Waals surface area contributed by atoms with Gasteiger partial charge in [0.1, 0.15) is 17.2 Å². The maximum atomic E-state index is 10.6. The molecular weight excluding hydrogens is 510 g/mol. The largest absolute Gasteiger partial charge is 0.493 e. The van der Waals surface area contributed by atoms with Gasteiger partial charge in [-0.25, -0.2) is 19.6 Å².